The van der Waals surface area contributed by atoms with Gasteiger partial charge < -0.3 is 9.47 Å². The third kappa shape index (κ3) is 5.50. The van der Waals surface area contributed by atoms with Crippen molar-refractivity contribution in [3.63, 3.8) is 0 Å². The Kier molecular flexibility index (Phi) is 7.17. The first-order valence-corrected chi connectivity index (χ1v) is 9.42. The number of hydrogen-bond donors (Lipinski definition) is 0. The molecule has 0 aromatic rings. The van der Waals surface area contributed by atoms with Crippen molar-refractivity contribution in [2.75, 3.05) is 39.5 Å². The molecule has 0 saturated carbocycles. The molecule has 2 aliphatic rings. The van der Waals surface area contributed by atoms with Gasteiger partial charge in [-0.05, 0) is 49.5 Å². The van der Waals surface area contributed by atoms with Crippen LogP contribution in [0.15, 0.2) is 0 Å². The van der Waals surface area contributed by atoms with Gasteiger partial charge in [-0.3, -0.25) is 4.90 Å². The van der Waals surface area contributed by atoms with E-state index in [1.54, 1.807) is 0 Å². The molecule has 22 heavy (non-hydrogen) atoms. The van der Waals surface area contributed by atoms with E-state index >= 15 is 0 Å². The van der Waals surface area contributed by atoms with E-state index in [0.717, 1.165) is 38.8 Å². The second kappa shape index (κ2) is 8.65. The molecule has 0 amide bonds. The minimum Gasteiger partial charge on any atom is -0.379 e. The Morgan fingerprint density at radius 1 is 1.05 bits per heavy atom. The van der Waals surface area contributed by atoms with Gasteiger partial charge in [0.2, 0.25) is 0 Å². The molecule has 3 heteroatoms. The highest BCUT2D eigenvalue weighted by molar-refractivity contribution is 4.88. The molecule has 0 radical (unpaired) electrons. The summed E-state index contributed by atoms with van der Waals surface area (Å²) in [4.78, 5) is 2.60. The van der Waals surface area contributed by atoms with Crippen molar-refractivity contribution in [2.45, 2.75) is 65.9 Å². The van der Waals surface area contributed by atoms with E-state index in [0.29, 0.717) is 17.4 Å². The molecule has 3 nitrogen and oxygen atoms in total. The van der Waals surface area contributed by atoms with E-state index in [1.165, 1.54) is 38.6 Å². The van der Waals surface area contributed by atoms with Crippen molar-refractivity contribution < 1.29 is 9.47 Å². The van der Waals surface area contributed by atoms with Gasteiger partial charge in [0.15, 0.2) is 0 Å². The van der Waals surface area contributed by atoms with E-state index in [4.69, 9.17) is 9.47 Å². The van der Waals surface area contributed by atoms with E-state index in [1.807, 2.05) is 0 Å². The minimum absolute atomic E-state index is 0.464. The normalized spacial score (nSPS) is 31.1. The van der Waals surface area contributed by atoms with Crippen LogP contribution in [0, 0.1) is 17.3 Å². The molecular formula is C19H37NO2. The Balaban J connectivity index is 1.94. The summed E-state index contributed by atoms with van der Waals surface area (Å²) in [5.74, 6) is 1.45. The van der Waals surface area contributed by atoms with Gasteiger partial charge in [0.25, 0.3) is 0 Å². The highest BCUT2D eigenvalue weighted by atomic mass is 16.5. The molecule has 2 atom stereocenters. The predicted octanol–water partition coefficient (Wildman–Crippen LogP) is 3.97. The van der Waals surface area contributed by atoms with Crippen LogP contribution in [0.5, 0.6) is 0 Å². The van der Waals surface area contributed by atoms with Crippen LogP contribution >= 0.6 is 0 Å². The van der Waals surface area contributed by atoms with E-state index in [2.05, 4.69) is 32.6 Å². The molecule has 2 saturated heterocycles. The second-order valence-corrected chi connectivity index (χ2v) is 8.24. The van der Waals surface area contributed by atoms with Crippen LogP contribution in [0.3, 0.4) is 0 Å². The molecule has 0 spiro atoms. The Hall–Kier alpha value is -0.120. The van der Waals surface area contributed by atoms with Gasteiger partial charge in [-0.25, -0.2) is 0 Å². The third-order valence-corrected chi connectivity index (χ3v) is 5.66. The lowest BCUT2D eigenvalue weighted by Crippen LogP contribution is -2.42. The molecule has 0 unspecified atom stereocenters. The lowest BCUT2D eigenvalue weighted by molar-refractivity contribution is -0.0802. The zero-order chi connectivity index (χ0) is 16.0. The first-order valence-electron chi connectivity index (χ1n) is 9.42. The maximum absolute atomic E-state index is 6.06. The summed E-state index contributed by atoms with van der Waals surface area (Å²) < 4.78 is 11.5. The number of nitrogens with zero attached hydrogens (tertiary/aromatic N) is 1. The van der Waals surface area contributed by atoms with Gasteiger partial charge in [0, 0.05) is 19.7 Å². The van der Waals surface area contributed by atoms with Gasteiger partial charge >= 0.3 is 0 Å². The quantitative estimate of drug-likeness (QED) is 0.710. The lowest BCUT2D eigenvalue weighted by atomic mass is 9.69. The van der Waals surface area contributed by atoms with Crippen LogP contribution in [0.4, 0.5) is 0 Å². The Bertz CT molecular complexity index is 313. The largest absolute Gasteiger partial charge is 0.379 e. The number of ether oxygens (including phenoxy) is 2. The fourth-order valence-electron chi connectivity index (χ4n) is 3.84. The molecule has 2 heterocycles. The summed E-state index contributed by atoms with van der Waals surface area (Å²) >= 11 is 0. The highest BCUT2D eigenvalue weighted by Gasteiger charge is 2.37. The molecule has 2 rings (SSSR count). The molecular weight excluding hydrogens is 274 g/mol. The molecule has 2 fully saturated rings. The van der Waals surface area contributed by atoms with Crippen molar-refractivity contribution in [1.82, 2.24) is 4.90 Å². The average Bonchev–Trinajstić information content (AvgIpc) is 2.52. The molecule has 2 aliphatic heterocycles. The van der Waals surface area contributed by atoms with Gasteiger partial charge in [-0.15, -0.1) is 0 Å². The number of morpholine rings is 1. The number of rotatable bonds is 7. The maximum atomic E-state index is 6.06. The second-order valence-electron chi connectivity index (χ2n) is 8.24. The number of hydrogen-bond acceptors (Lipinski definition) is 3. The van der Waals surface area contributed by atoms with Crippen LogP contribution in [0.2, 0.25) is 0 Å². The van der Waals surface area contributed by atoms with Crippen LogP contribution in [0.1, 0.15) is 59.8 Å². The molecule has 0 aliphatic carbocycles. The van der Waals surface area contributed by atoms with Crippen LogP contribution in [-0.4, -0.2) is 50.5 Å². The third-order valence-electron chi connectivity index (χ3n) is 5.66. The zero-order valence-corrected chi connectivity index (χ0v) is 15.3. The maximum Gasteiger partial charge on any atom is 0.0603 e. The molecule has 0 bridgehead atoms. The fourth-order valence-corrected chi connectivity index (χ4v) is 3.84. The SMILES string of the molecule is CC(C)CC[C@]1(CCN2CCOCC2)CCO[C@H](C(C)C)C1. The average molecular weight is 312 g/mol. The van der Waals surface area contributed by atoms with Crippen molar-refractivity contribution in [1.29, 1.82) is 0 Å². The van der Waals surface area contributed by atoms with Crippen molar-refractivity contribution >= 4 is 0 Å². The zero-order valence-electron chi connectivity index (χ0n) is 15.3. The van der Waals surface area contributed by atoms with Crippen molar-refractivity contribution in [3.05, 3.63) is 0 Å². The molecule has 0 N–H and O–H groups in total. The predicted molar refractivity (Wildman–Crippen MR) is 92.2 cm³/mol. The van der Waals surface area contributed by atoms with Gasteiger partial charge in [-0.1, -0.05) is 34.1 Å². The molecule has 0 aromatic heterocycles. The topological polar surface area (TPSA) is 21.7 Å². The summed E-state index contributed by atoms with van der Waals surface area (Å²) in [7, 11) is 0. The van der Waals surface area contributed by atoms with Crippen LogP contribution in [-0.2, 0) is 9.47 Å². The van der Waals surface area contributed by atoms with Gasteiger partial charge in [0.1, 0.15) is 0 Å². The minimum atomic E-state index is 0.464. The molecule has 130 valence electrons. The summed E-state index contributed by atoms with van der Waals surface area (Å²) in [6.45, 7) is 15.6. The Morgan fingerprint density at radius 2 is 1.77 bits per heavy atom. The van der Waals surface area contributed by atoms with Gasteiger partial charge in [-0.2, -0.15) is 0 Å². The monoisotopic (exact) mass is 311 g/mol. The first-order chi connectivity index (χ1) is 10.5. The van der Waals surface area contributed by atoms with Crippen LogP contribution in [0.25, 0.3) is 0 Å². The van der Waals surface area contributed by atoms with Gasteiger partial charge in [0.05, 0.1) is 19.3 Å². The summed E-state index contributed by atoms with van der Waals surface area (Å²) in [6, 6.07) is 0. The standard InChI is InChI=1S/C19H37NO2/c1-16(2)5-6-19(7-9-20-10-13-21-14-11-20)8-12-22-18(15-19)17(3)4/h16-18H,5-15H2,1-4H3/t18-,19-/m0/s1. The Labute approximate surface area is 137 Å². The lowest BCUT2D eigenvalue weighted by Gasteiger charge is -2.44. The van der Waals surface area contributed by atoms with Crippen molar-refractivity contribution in [2.24, 2.45) is 17.3 Å². The first kappa shape index (κ1) is 18.2. The van der Waals surface area contributed by atoms with E-state index in [9.17, 15) is 0 Å². The summed E-state index contributed by atoms with van der Waals surface area (Å²) in [5.41, 5.74) is 0.510. The summed E-state index contributed by atoms with van der Waals surface area (Å²) in [6.07, 6.45) is 7.06. The van der Waals surface area contributed by atoms with E-state index < -0.39 is 0 Å². The summed E-state index contributed by atoms with van der Waals surface area (Å²) in [5, 5.41) is 0. The Morgan fingerprint density at radius 3 is 2.41 bits per heavy atom. The highest BCUT2D eigenvalue weighted by Crippen LogP contribution is 2.43. The fraction of sp³-hybridized carbons (Fsp3) is 1.00. The molecule has 0 aromatic carbocycles. The van der Waals surface area contributed by atoms with E-state index in [-0.39, 0.29) is 0 Å². The van der Waals surface area contributed by atoms with Crippen LogP contribution < -0.4 is 0 Å². The van der Waals surface area contributed by atoms with Crippen molar-refractivity contribution in [3.8, 4) is 0 Å². The smallest absolute Gasteiger partial charge is 0.0603 e.